The van der Waals surface area contributed by atoms with Gasteiger partial charge in [-0.1, -0.05) is 242 Å². The summed E-state index contributed by atoms with van der Waals surface area (Å²) in [6, 6.07) is 76.5. The van der Waals surface area contributed by atoms with E-state index in [-0.39, 0.29) is 39.3 Å². The smallest absolute Gasteiger partial charge is 0.253 e. The summed E-state index contributed by atoms with van der Waals surface area (Å²) in [6.07, 6.45) is 4.72. The summed E-state index contributed by atoms with van der Waals surface area (Å²) in [6.45, 7) is 33.7. The van der Waals surface area contributed by atoms with Gasteiger partial charge in [0.2, 0.25) is 0 Å². The van der Waals surface area contributed by atoms with E-state index in [1.54, 1.807) is 0 Å². The normalized spacial score (nSPS) is 19.3. The summed E-state index contributed by atoms with van der Waals surface area (Å²) >= 11 is 0. The predicted octanol–water partition coefficient (Wildman–Crippen LogP) is 19.1. The van der Waals surface area contributed by atoms with E-state index in [9.17, 15) is 0 Å². The predicted molar refractivity (Wildman–Crippen MR) is 355 cm³/mol. The molecule has 0 aromatic heterocycles. The molecule has 0 amide bonds. The number of nitrogens with zero attached hydrogens (tertiary/aromatic N) is 3. The molecule has 0 bridgehead atoms. The van der Waals surface area contributed by atoms with Crippen molar-refractivity contribution in [1.29, 1.82) is 0 Å². The molecular weight excluding hydrogens is 1000 g/mol. The number of hydrogen-bond donors (Lipinski definition) is 0. The van der Waals surface area contributed by atoms with Crippen LogP contribution in [0.1, 0.15) is 173 Å². The van der Waals surface area contributed by atoms with Crippen molar-refractivity contribution in [3.05, 3.63) is 244 Å². The molecule has 4 heterocycles. The van der Waals surface area contributed by atoms with Crippen LogP contribution in [-0.2, 0) is 32.5 Å². The Morgan fingerprint density at radius 3 is 1.24 bits per heavy atom. The second kappa shape index (κ2) is 18.2. The third kappa shape index (κ3) is 7.83. The lowest BCUT2D eigenvalue weighted by molar-refractivity contribution is 0.195. The Morgan fingerprint density at radius 2 is 0.759 bits per heavy atom. The third-order valence-corrected chi connectivity index (χ3v) is 20.7. The fourth-order valence-corrected chi connectivity index (χ4v) is 15.9. The van der Waals surface area contributed by atoms with Crippen LogP contribution in [0.5, 0.6) is 0 Å². The fourth-order valence-electron chi connectivity index (χ4n) is 15.9. The van der Waals surface area contributed by atoms with Gasteiger partial charge >= 0.3 is 0 Å². The summed E-state index contributed by atoms with van der Waals surface area (Å²) in [7, 11) is 0. The summed E-state index contributed by atoms with van der Waals surface area (Å²) in [5.74, 6) is 0. The first kappa shape index (κ1) is 53.5. The highest BCUT2D eigenvalue weighted by Gasteiger charge is 2.60. The molecule has 9 aromatic rings. The highest BCUT2D eigenvalue weighted by molar-refractivity contribution is 7.01. The highest BCUT2D eigenvalue weighted by Crippen LogP contribution is 2.63. The second-order valence-electron chi connectivity index (χ2n) is 29.7. The van der Waals surface area contributed by atoms with Gasteiger partial charge in [0.1, 0.15) is 0 Å². The Bertz CT molecular complexity index is 4000. The number of hydrogen-bond acceptors (Lipinski definition) is 3. The van der Waals surface area contributed by atoms with Gasteiger partial charge in [-0.25, -0.2) is 0 Å². The zero-order valence-corrected chi connectivity index (χ0v) is 51.7. The number of fused-ring (bicyclic) bond motifs is 3. The van der Waals surface area contributed by atoms with Crippen molar-refractivity contribution in [2.75, 3.05) is 14.7 Å². The molecule has 0 N–H and O–H groups in total. The molecule has 0 radical (unpaired) electrons. The lowest BCUT2D eigenvalue weighted by Crippen LogP contribution is -2.68. The second-order valence-corrected chi connectivity index (χ2v) is 29.7. The first-order valence-electron chi connectivity index (χ1n) is 30.9. The monoisotopic (exact) mass is 1080 g/mol. The van der Waals surface area contributed by atoms with E-state index in [0.29, 0.717) is 0 Å². The molecule has 9 aromatic carbocycles. The Balaban J connectivity index is 1.18. The first-order valence-corrected chi connectivity index (χ1v) is 30.9. The highest BCUT2D eigenvalue weighted by atomic mass is 15.3. The largest absolute Gasteiger partial charge is 0.334 e. The lowest BCUT2D eigenvalue weighted by atomic mass is 9.27. The third-order valence-electron chi connectivity index (χ3n) is 20.7. The average molecular weight is 1080 g/mol. The topological polar surface area (TPSA) is 9.72 Å². The van der Waals surface area contributed by atoms with E-state index in [2.05, 4.69) is 306 Å². The maximum absolute atomic E-state index is 2.85. The van der Waals surface area contributed by atoms with Crippen molar-refractivity contribution in [3.8, 4) is 11.1 Å². The van der Waals surface area contributed by atoms with Gasteiger partial charge in [-0.2, -0.15) is 0 Å². The molecule has 5 aliphatic rings. The molecule has 3 nitrogen and oxygen atoms in total. The van der Waals surface area contributed by atoms with Gasteiger partial charge in [-0.05, 0) is 174 Å². The molecule has 1 saturated carbocycles. The molecule has 1 fully saturated rings. The van der Waals surface area contributed by atoms with E-state index in [0.717, 1.165) is 18.5 Å². The van der Waals surface area contributed by atoms with Crippen LogP contribution in [0, 0.1) is 0 Å². The SMILES string of the molecule is CC(C)(C)c1ccc(N2c3cc(N4c5ccc(C(C)(C)C)cc5C5(C)CCCCC45C)cc4c3B3c5c(cc(C(C)(C)C)cc5C(c5ccccc5)(c5ccccc5)c5cc(C(C)(C)C)cc2c53)N4c2ccc(-c3ccccc3)cc2)cc1. The molecule has 0 saturated heterocycles. The molecule has 14 rings (SSSR count). The van der Waals surface area contributed by atoms with Crippen molar-refractivity contribution >= 4 is 68.6 Å². The van der Waals surface area contributed by atoms with Crippen LogP contribution in [0.25, 0.3) is 11.1 Å². The van der Waals surface area contributed by atoms with Gasteiger partial charge < -0.3 is 14.7 Å². The Labute approximate surface area is 496 Å². The van der Waals surface area contributed by atoms with Crippen molar-refractivity contribution in [2.24, 2.45) is 0 Å². The summed E-state index contributed by atoms with van der Waals surface area (Å²) in [5, 5.41) is 0. The van der Waals surface area contributed by atoms with Gasteiger partial charge in [-0.15, -0.1) is 0 Å². The molecule has 1 aliphatic carbocycles. The van der Waals surface area contributed by atoms with Crippen LogP contribution in [-0.4, -0.2) is 12.3 Å². The minimum absolute atomic E-state index is 0.0123. The first-order chi connectivity index (χ1) is 39.4. The van der Waals surface area contributed by atoms with Crippen LogP contribution in [0.15, 0.2) is 194 Å². The Kier molecular flexibility index (Phi) is 11.7. The Morgan fingerprint density at radius 1 is 0.349 bits per heavy atom. The van der Waals surface area contributed by atoms with E-state index >= 15 is 0 Å². The Hall–Kier alpha value is -7.56. The van der Waals surface area contributed by atoms with E-state index in [4.69, 9.17) is 0 Å². The number of anilines is 8. The van der Waals surface area contributed by atoms with Crippen molar-refractivity contribution in [2.45, 2.75) is 161 Å². The molecule has 4 heteroatoms. The summed E-state index contributed by atoms with van der Waals surface area (Å²) in [4.78, 5) is 8.28. The maximum atomic E-state index is 2.85. The fraction of sp³-hybridized carbons (Fsp3) is 0.316. The van der Waals surface area contributed by atoms with Crippen LogP contribution < -0.4 is 31.1 Å². The molecule has 2 unspecified atom stereocenters. The van der Waals surface area contributed by atoms with Gasteiger partial charge in [0.15, 0.2) is 0 Å². The van der Waals surface area contributed by atoms with Crippen molar-refractivity contribution in [3.63, 3.8) is 0 Å². The molecular formula is C79H82BN3. The van der Waals surface area contributed by atoms with Crippen molar-refractivity contribution in [1.82, 2.24) is 0 Å². The lowest BCUT2D eigenvalue weighted by Gasteiger charge is -2.54. The molecule has 83 heavy (non-hydrogen) atoms. The van der Waals surface area contributed by atoms with Crippen LogP contribution in [0.4, 0.5) is 45.5 Å². The standard InChI is InChI=1S/C79H82BN3/c1-73(2,3)53-34-39-60(40-35-53)82-67-48-58(76(10,11)12)46-64-71(67)80-70-63(79(64,54-28-20-16-21-29-54)55-30-22-17-23-31-55)45-57(75(7,8)9)47-66(70)81(59-37-32-52(33-38-59)51-26-18-15-19-27-51)68-49-61(50-69(82)72(68)80)83-65-41-36-56(74(4,5)6)44-62(65)77(13)42-24-25-43-78(77,83)14/h15-23,26-41,44-50H,24-25,42-43H2,1-14H3. The number of rotatable bonds is 6. The van der Waals surface area contributed by atoms with Crippen LogP contribution in [0.2, 0.25) is 0 Å². The summed E-state index contributed by atoms with van der Waals surface area (Å²) < 4.78 is 0. The van der Waals surface area contributed by atoms with Crippen LogP contribution >= 0.6 is 0 Å². The minimum Gasteiger partial charge on any atom is -0.334 e. The van der Waals surface area contributed by atoms with Crippen LogP contribution in [0.3, 0.4) is 0 Å². The zero-order valence-electron chi connectivity index (χ0n) is 51.7. The van der Waals surface area contributed by atoms with E-state index in [1.807, 2.05) is 0 Å². The van der Waals surface area contributed by atoms with E-state index < -0.39 is 5.41 Å². The summed E-state index contributed by atoms with van der Waals surface area (Å²) in [5.41, 5.74) is 27.5. The van der Waals surface area contributed by atoms with Gasteiger partial charge in [0, 0.05) is 50.9 Å². The quantitative estimate of drug-likeness (QED) is 0.154. The molecule has 4 aliphatic heterocycles. The molecule has 0 spiro atoms. The molecule has 416 valence electrons. The van der Waals surface area contributed by atoms with Gasteiger partial charge in [0.05, 0.1) is 11.0 Å². The molecule has 2 atom stereocenters. The maximum Gasteiger partial charge on any atom is 0.253 e. The van der Waals surface area contributed by atoms with Gasteiger partial charge in [0.25, 0.3) is 6.71 Å². The number of benzene rings is 9. The van der Waals surface area contributed by atoms with Gasteiger partial charge in [-0.3, -0.25) is 0 Å². The van der Waals surface area contributed by atoms with Crippen molar-refractivity contribution < 1.29 is 0 Å². The zero-order chi connectivity index (χ0) is 58.0. The minimum atomic E-state index is -0.694. The van der Waals surface area contributed by atoms with E-state index in [1.165, 1.54) is 130 Å². The average Bonchev–Trinajstić information content (AvgIpc) is 1.13.